The van der Waals surface area contributed by atoms with Crippen molar-refractivity contribution in [1.29, 1.82) is 0 Å². The van der Waals surface area contributed by atoms with Crippen molar-refractivity contribution >= 4 is 21.9 Å². The Hall–Kier alpha value is -1.91. The highest BCUT2D eigenvalue weighted by molar-refractivity contribution is 7.89. The molecule has 0 spiro atoms. The SMILES string of the molecule is Cn1cc(S(=O)(=O)N2C[C@H](O)C[C@H]2C(=O)O)cc1C(N)=O. The molecule has 4 N–H and O–H groups in total. The van der Waals surface area contributed by atoms with Crippen molar-refractivity contribution in [3.8, 4) is 0 Å². The summed E-state index contributed by atoms with van der Waals surface area (Å²) in [5.74, 6) is -2.13. The van der Waals surface area contributed by atoms with E-state index in [4.69, 9.17) is 10.8 Å². The van der Waals surface area contributed by atoms with E-state index in [9.17, 15) is 23.1 Å². The number of carboxylic acids is 1. The van der Waals surface area contributed by atoms with E-state index in [0.717, 1.165) is 10.4 Å². The summed E-state index contributed by atoms with van der Waals surface area (Å²) in [7, 11) is -2.69. The van der Waals surface area contributed by atoms with Crippen molar-refractivity contribution in [1.82, 2.24) is 8.87 Å². The second kappa shape index (κ2) is 5.13. The molecule has 2 atom stereocenters. The Kier molecular flexibility index (Phi) is 3.78. The van der Waals surface area contributed by atoms with Gasteiger partial charge in [-0.25, -0.2) is 8.42 Å². The number of nitrogens with two attached hydrogens (primary N) is 1. The highest BCUT2D eigenvalue weighted by Gasteiger charge is 2.44. The summed E-state index contributed by atoms with van der Waals surface area (Å²) in [6.07, 6.45) is -0.0384. The van der Waals surface area contributed by atoms with Crippen LogP contribution in [0.25, 0.3) is 0 Å². The molecule has 0 radical (unpaired) electrons. The lowest BCUT2D eigenvalue weighted by Crippen LogP contribution is -2.40. The Morgan fingerprint density at radius 3 is 2.52 bits per heavy atom. The van der Waals surface area contributed by atoms with Crippen LogP contribution in [-0.2, 0) is 21.9 Å². The van der Waals surface area contributed by atoms with Crippen LogP contribution in [-0.4, -0.2) is 58.1 Å². The van der Waals surface area contributed by atoms with Gasteiger partial charge in [0.05, 0.1) is 6.10 Å². The van der Waals surface area contributed by atoms with E-state index in [1.807, 2.05) is 0 Å². The van der Waals surface area contributed by atoms with Crippen molar-refractivity contribution < 1.29 is 28.2 Å². The maximum atomic E-state index is 12.5. The number of β-amino-alcohol motifs (C(OH)–C–C–N with tert-alkyl or cyclic N) is 1. The first-order valence-corrected chi connectivity index (χ1v) is 7.47. The molecule has 0 saturated carbocycles. The Labute approximate surface area is 120 Å². The fourth-order valence-electron chi connectivity index (χ4n) is 2.33. The van der Waals surface area contributed by atoms with Gasteiger partial charge in [-0.15, -0.1) is 0 Å². The van der Waals surface area contributed by atoms with Crippen molar-refractivity contribution in [2.45, 2.75) is 23.5 Å². The number of sulfonamides is 1. The molecule has 1 aliphatic heterocycles. The van der Waals surface area contributed by atoms with Crippen LogP contribution in [0.4, 0.5) is 0 Å². The molecule has 1 amide bonds. The standard InChI is InChI=1S/C11H15N3O6S/c1-13-5-7(3-8(13)10(12)16)21(19,20)14-4-6(15)2-9(14)11(17)18/h3,5-6,9,15H,2,4H2,1H3,(H2,12,16)(H,17,18)/t6-,9+/m1/s1. The Morgan fingerprint density at radius 2 is 2.05 bits per heavy atom. The van der Waals surface area contributed by atoms with Crippen LogP contribution in [0.2, 0.25) is 0 Å². The fourth-order valence-corrected chi connectivity index (χ4v) is 4.03. The third kappa shape index (κ3) is 2.64. The largest absolute Gasteiger partial charge is 0.480 e. The van der Waals surface area contributed by atoms with Gasteiger partial charge in [0.1, 0.15) is 16.6 Å². The molecule has 1 saturated heterocycles. The Morgan fingerprint density at radius 1 is 1.43 bits per heavy atom. The second-order valence-electron chi connectivity index (χ2n) is 4.85. The monoisotopic (exact) mass is 317 g/mol. The van der Waals surface area contributed by atoms with Gasteiger partial charge < -0.3 is 20.5 Å². The highest BCUT2D eigenvalue weighted by atomic mass is 32.2. The number of hydrogen-bond donors (Lipinski definition) is 3. The third-order valence-corrected chi connectivity index (χ3v) is 5.20. The van der Waals surface area contributed by atoms with E-state index >= 15 is 0 Å². The van der Waals surface area contributed by atoms with E-state index in [1.54, 1.807) is 0 Å². The summed E-state index contributed by atoms with van der Waals surface area (Å²) in [6.45, 7) is -0.305. The van der Waals surface area contributed by atoms with Gasteiger partial charge in [-0.1, -0.05) is 0 Å². The number of carbonyl (C=O) groups is 2. The average Bonchev–Trinajstić information content (AvgIpc) is 2.93. The lowest BCUT2D eigenvalue weighted by Gasteiger charge is -2.19. The minimum Gasteiger partial charge on any atom is -0.480 e. The zero-order valence-electron chi connectivity index (χ0n) is 11.1. The van der Waals surface area contributed by atoms with Gasteiger partial charge >= 0.3 is 5.97 Å². The van der Waals surface area contributed by atoms with Crippen molar-refractivity contribution in [3.05, 3.63) is 18.0 Å². The van der Waals surface area contributed by atoms with E-state index in [-0.39, 0.29) is 23.6 Å². The number of amides is 1. The smallest absolute Gasteiger partial charge is 0.322 e. The van der Waals surface area contributed by atoms with E-state index in [1.165, 1.54) is 17.8 Å². The summed E-state index contributed by atoms with van der Waals surface area (Å²) in [5.41, 5.74) is 5.11. The number of aryl methyl sites for hydroxylation is 1. The molecule has 0 bridgehead atoms. The number of aromatic nitrogens is 1. The van der Waals surface area contributed by atoms with Crippen LogP contribution in [0.15, 0.2) is 17.2 Å². The van der Waals surface area contributed by atoms with Crippen LogP contribution < -0.4 is 5.73 Å². The molecular weight excluding hydrogens is 302 g/mol. The van der Waals surface area contributed by atoms with Crippen LogP contribution >= 0.6 is 0 Å². The number of carbonyl (C=O) groups excluding carboxylic acids is 1. The van der Waals surface area contributed by atoms with E-state index in [2.05, 4.69) is 0 Å². The third-order valence-electron chi connectivity index (χ3n) is 3.36. The molecule has 116 valence electrons. The summed E-state index contributed by atoms with van der Waals surface area (Å²) in [6, 6.07) is -0.247. The quantitative estimate of drug-likeness (QED) is 0.606. The van der Waals surface area contributed by atoms with Crippen molar-refractivity contribution in [2.75, 3.05) is 6.54 Å². The number of carboxylic acid groups (broad SMARTS) is 1. The van der Waals surface area contributed by atoms with Gasteiger partial charge in [-0.05, 0) is 6.07 Å². The summed E-state index contributed by atoms with van der Waals surface area (Å²) < 4.78 is 26.9. The maximum Gasteiger partial charge on any atom is 0.322 e. The van der Waals surface area contributed by atoms with Gasteiger partial charge in [-0.2, -0.15) is 4.31 Å². The molecular formula is C11H15N3O6S. The predicted molar refractivity (Wildman–Crippen MR) is 69.9 cm³/mol. The van der Waals surface area contributed by atoms with Crippen LogP contribution in [0, 0.1) is 0 Å². The average molecular weight is 317 g/mol. The lowest BCUT2D eigenvalue weighted by molar-refractivity contribution is -0.140. The minimum atomic E-state index is -4.14. The number of aliphatic hydroxyl groups excluding tert-OH is 1. The first-order valence-electron chi connectivity index (χ1n) is 6.03. The normalized spacial score (nSPS) is 23.3. The molecule has 0 aromatic carbocycles. The van der Waals surface area contributed by atoms with E-state index < -0.39 is 34.0 Å². The van der Waals surface area contributed by atoms with Gasteiger partial charge in [0, 0.05) is 26.2 Å². The highest BCUT2D eigenvalue weighted by Crippen LogP contribution is 2.27. The Bertz CT molecular complexity index is 695. The number of aliphatic hydroxyl groups is 1. The molecule has 21 heavy (non-hydrogen) atoms. The molecule has 1 aromatic rings. The number of nitrogens with zero attached hydrogens (tertiary/aromatic N) is 2. The van der Waals surface area contributed by atoms with Crippen molar-refractivity contribution in [3.63, 3.8) is 0 Å². The Balaban J connectivity index is 2.44. The molecule has 10 heteroatoms. The van der Waals surface area contributed by atoms with Gasteiger partial charge in [0.15, 0.2) is 0 Å². The van der Waals surface area contributed by atoms with Gasteiger partial charge in [-0.3, -0.25) is 9.59 Å². The first kappa shape index (κ1) is 15.5. The topological polar surface area (TPSA) is 143 Å². The fraction of sp³-hybridized carbons (Fsp3) is 0.455. The lowest BCUT2D eigenvalue weighted by atomic mass is 10.2. The van der Waals surface area contributed by atoms with Crippen LogP contribution in [0.5, 0.6) is 0 Å². The predicted octanol–water partition coefficient (Wildman–Crippen LogP) is -1.67. The van der Waals surface area contributed by atoms with Crippen LogP contribution in [0.3, 0.4) is 0 Å². The number of primary amides is 1. The molecule has 9 nitrogen and oxygen atoms in total. The number of rotatable bonds is 4. The summed E-state index contributed by atoms with van der Waals surface area (Å²) in [4.78, 5) is 22.0. The molecule has 1 aliphatic rings. The molecule has 2 rings (SSSR count). The molecule has 1 aromatic heterocycles. The molecule has 2 heterocycles. The number of aliphatic carboxylic acids is 1. The van der Waals surface area contributed by atoms with Gasteiger partial charge in [0.25, 0.3) is 5.91 Å². The van der Waals surface area contributed by atoms with Crippen molar-refractivity contribution in [2.24, 2.45) is 12.8 Å². The molecule has 0 aliphatic carbocycles. The zero-order chi connectivity index (χ0) is 15.9. The van der Waals surface area contributed by atoms with Crippen LogP contribution in [0.1, 0.15) is 16.9 Å². The maximum absolute atomic E-state index is 12.5. The summed E-state index contributed by atoms with van der Waals surface area (Å²) in [5, 5.41) is 18.6. The second-order valence-corrected chi connectivity index (χ2v) is 6.75. The molecule has 0 unspecified atom stereocenters. The zero-order valence-corrected chi connectivity index (χ0v) is 11.9. The van der Waals surface area contributed by atoms with Gasteiger partial charge in [0.2, 0.25) is 10.0 Å². The summed E-state index contributed by atoms with van der Waals surface area (Å²) >= 11 is 0. The molecule has 1 fully saturated rings. The minimum absolute atomic E-state index is 0.0137. The first-order chi connectivity index (χ1) is 9.64. The van der Waals surface area contributed by atoms with E-state index in [0.29, 0.717) is 0 Å². The number of hydrogen-bond acceptors (Lipinski definition) is 5.